The van der Waals surface area contributed by atoms with E-state index in [0.717, 1.165) is 37.7 Å². The number of methoxy groups -OCH3 is 1. The van der Waals surface area contributed by atoms with Gasteiger partial charge in [-0.3, -0.25) is 0 Å². The van der Waals surface area contributed by atoms with Crippen LogP contribution in [0.1, 0.15) is 36.8 Å². The van der Waals surface area contributed by atoms with Gasteiger partial charge in [-0.25, -0.2) is 22.8 Å². The molecule has 1 saturated carbocycles. The Balaban J connectivity index is 1.23. The van der Waals surface area contributed by atoms with E-state index in [9.17, 15) is 13.2 Å². The van der Waals surface area contributed by atoms with Gasteiger partial charge < -0.3 is 19.7 Å². The van der Waals surface area contributed by atoms with Crippen LogP contribution >= 0.6 is 0 Å². The summed E-state index contributed by atoms with van der Waals surface area (Å²) in [6.07, 6.45) is 3.64. The van der Waals surface area contributed by atoms with Crippen LogP contribution in [0.5, 0.6) is 5.88 Å². The lowest BCUT2D eigenvalue weighted by molar-refractivity contribution is 0.0780. The second kappa shape index (κ2) is 9.27. The van der Waals surface area contributed by atoms with Crippen molar-refractivity contribution in [1.29, 1.82) is 0 Å². The molecule has 3 aliphatic rings. The summed E-state index contributed by atoms with van der Waals surface area (Å²) in [4.78, 5) is 11.2. The first-order chi connectivity index (χ1) is 17.5. The van der Waals surface area contributed by atoms with Gasteiger partial charge in [0.15, 0.2) is 23.3 Å². The molecular formula is C25H27F3N6O2. The SMILES string of the molecule is COc1cc(N2C[C@H]3CC[C@@H](C2)C3Nc2nc3n(n2)CCCO[C@H]3c2ccc(F)c(F)c2F)ccn1. The zero-order chi connectivity index (χ0) is 24.8. The highest BCUT2D eigenvalue weighted by Crippen LogP contribution is 2.40. The van der Waals surface area contributed by atoms with E-state index in [1.165, 1.54) is 6.07 Å². The summed E-state index contributed by atoms with van der Waals surface area (Å²) >= 11 is 0. The number of rotatable bonds is 5. The maximum Gasteiger partial charge on any atom is 0.242 e. The molecular weight excluding hydrogens is 473 g/mol. The molecule has 2 aromatic heterocycles. The van der Waals surface area contributed by atoms with Crippen molar-refractivity contribution in [3.63, 3.8) is 0 Å². The topological polar surface area (TPSA) is 77.3 Å². The monoisotopic (exact) mass is 500 g/mol. The molecule has 190 valence electrons. The third-order valence-corrected chi connectivity index (χ3v) is 7.50. The van der Waals surface area contributed by atoms with Gasteiger partial charge in [0.05, 0.1) is 7.11 Å². The van der Waals surface area contributed by atoms with Crippen LogP contribution in [0.2, 0.25) is 0 Å². The Hall–Kier alpha value is -3.34. The van der Waals surface area contributed by atoms with Crippen LogP contribution in [0.25, 0.3) is 0 Å². The fourth-order valence-electron chi connectivity index (χ4n) is 5.76. The van der Waals surface area contributed by atoms with Crippen molar-refractivity contribution in [1.82, 2.24) is 19.7 Å². The smallest absolute Gasteiger partial charge is 0.242 e. The van der Waals surface area contributed by atoms with E-state index in [-0.39, 0.29) is 11.6 Å². The van der Waals surface area contributed by atoms with Gasteiger partial charge in [0.2, 0.25) is 11.8 Å². The van der Waals surface area contributed by atoms with Crippen molar-refractivity contribution in [2.45, 2.75) is 38.0 Å². The minimum absolute atomic E-state index is 0.0860. The number of nitrogens with one attached hydrogen (secondary N) is 1. The number of benzene rings is 1. The Morgan fingerprint density at radius 1 is 1.08 bits per heavy atom. The number of nitrogens with zero attached hydrogens (tertiary/aromatic N) is 5. The molecule has 3 aromatic rings. The Kier molecular flexibility index (Phi) is 5.94. The van der Waals surface area contributed by atoms with Gasteiger partial charge >= 0.3 is 0 Å². The van der Waals surface area contributed by atoms with E-state index < -0.39 is 23.6 Å². The Labute approximate surface area is 206 Å². The first kappa shape index (κ1) is 23.1. The number of halogens is 3. The number of pyridine rings is 1. The summed E-state index contributed by atoms with van der Waals surface area (Å²) in [5.74, 6) is -1.77. The van der Waals surface area contributed by atoms with Crippen LogP contribution in [0, 0.1) is 29.3 Å². The molecule has 2 fully saturated rings. The van der Waals surface area contributed by atoms with E-state index in [4.69, 9.17) is 9.47 Å². The van der Waals surface area contributed by atoms with Gasteiger partial charge in [0, 0.05) is 55.8 Å². The lowest BCUT2D eigenvalue weighted by atomic mass is 9.92. The Morgan fingerprint density at radius 3 is 2.67 bits per heavy atom. The first-order valence-electron chi connectivity index (χ1n) is 12.2. The number of aryl methyl sites for hydroxylation is 1. The average molecular weight is 501 g/mol. The van der Waals surface area contributed by atoms with Crippen LogP contribution in [0.4, 0.5) is 24.8 Å². The number of anilines is 2. The van der Waals surface area contributed by atoms with Gasteiger partial charge in [-0.05, 0) is 49.3 Å². The van der Waals surface area contributed by atoms with Gasteiger partial charge in [0.1, 0.15) is 6.10 Å². The van der Waals surface area contributed by atoms with Crippen LogP contribution in [-0.4, -0.2) is 52.6 Å². The van der Waals surface area contributed by atoms with E-state index in [0.29, 0.717) is 49.1 Å². The third kappa shape index (κ3) is 4.04. The summed E-state index contributed by atoms with van der Waals surface area (Å²) < 4.78 is 54.9. The molecule has 4 atom stereocenters. The maximum absolute atomic E-state index is 14.6. The molecule has 1 unspecified atom stereocenters. The quantitative estimate of drug-likeness (QED) is 0.532. The molecule has 2 aliphatic heterocycles. The molecule has 1 saturated heterocycles. The fraction of sp³-hybridized carbons (Fsp3) is 0.480. The minimum atomic E-state index is -1.51. The maximum atomic E-state index is 14.6. The highest BCUT2D eigenvalue weighted by Gasteiger charge is 2.43. The number of hydrogen-bond donors (Lipinski definition) is 1. The van der Waals surface area contributed by atoms with Crippen molar-refractivity contribution < 1.29 is 22.6 Å². The first-order valence-corrected chi connectivity index (χ1v) is 12.2. The molecule has 1 N–H and O–H groups in total. The second-order valence-corrected chi connectivity index (χ2v) is 9.61. The molecule has 36 heavy (non-hydrogen) atoms. The van der Waals surface area contributed by atoms with E-state index in [1.54, 1.807) is 18.0 Å². The summed E-state index contributed by atoms with van der Waals surface area (Å²) in [7, 11) is 1.61. The fourth-order valence-corrected chi connectivity index (χ4v) is 5.76. The molecule has 8 nitrogen and oxygen atoms in total. The van der Waals surface area contributed by atoms with Crippen LogP contribution in [0.15, 0.2) is 30.5 Å². The predicted octanol–water partition coefficient (Wildman–Crippen LogP) is 3.94. The van der Waals surface area contributed by atoms with Crippen molar-refractivity contribution in [2.24, 2.45) is 11.8 Å². The van der Waals surface area contributed by atoms with Crippen molar-refractivity contribution in [2.75, 3.05) is 37.0 Å². The number of hydrogen-bond acceptors (Lipinski definition) is 7. The van der Waals surface area contributed by atoms with Crippen LogP contribution in [0.3, 0.4) is 0 Å². The molecule has 0 spiro atoms. The highest BCUT2D eigenvalue weighted by molar-refractivity contribution is 5.49. The summed E-state index contributed by atoms with van der Waals surface area (Å²) in [5, 5.41) is 8.16. The van der Waals surface area contributed by atoms with Gasteiger partial charge in [0.25, 0.3) is 0 Å². The second-order valence-electron chi connectivity index (χ2n) is 9.61. The molecule has 1 aromatic carbocycles. The molecule has 4 heterocycles. The summed E-state index contributed by atoms with van der Waals surface area (Å²) in [6, 6.07) is 6.28. The third-order valence-electron chi connectivity index (χ3n) is 7.50. The zero-order valence-corrected chi connectivity index (χ0v) is 19.8. The van der Waals surface area contributed by atoms with Crippen LogP contribution < -0.4 is 15.0 Å². The van der Waals surface area contributed by atoms with E-state index >= 15 is 0 Å². The van der Waals surface area contributed by atoms with Crippen molar-refractivity contribution in [3.8, 4) is 5.88 Å². The van der Waals surface area contributed by atoms with Crippen LogP contribution in [-0.2, 0) is 11.3 Å². The average Bonchev–Trinajstić information content (AvgIpc) is 3.30. The minimum Gasteiger partial charge on any atom is -0.481 e. The van der Waals surface area contributed by atoms with Gasteiger partial charge in [-0.15, -0.1) is 5.10 Å². The number of aromatic nitrogens is 4. The highest BCUT2D eigenvalue weighted by atomic mass is 19.2. The predicted molar refractivity (Wildman–Crippen MR) is 125 cm³/mol. The lowest BCUT2D eigenvalue weighted by Crippen LogP contribution is -2.48. The number of piperidine rings is 1. The van der Waals surface area contributed by atoms with E-state index in [1.807, 2.05) is 12.1 Å². The van der Waals surface area contributed by atoms with Crippen molar-refractivity contribution >= 4 is 11.6 Å². The van der Waals surface area contributed by atoms with Gasteiger partial charge in [-0.2, -0.15) is 4.98 Å². The largest absolute Gasteiger partial charge is 0.481 e. The standard InChI is InChI=1S/C25H27F3N6O2/c1-35-19-11-16(7-8-29-19)33-12-14-3-4-15(13-33)22(14)30-25-31-24-23(36-10-2-9-34(24)32-25)17-5-6-18(26)21(28)20(17)27/h5-8,11,14-15,22-23H,2-4,9-10,12-13H2,1H3,(H,30,32)/t14-,15+,22?,23-/m0/s1. The normalized spacial score (nSPS) is 25.4. The summed E-state index contributed by atoms with van der Waals surface area (Å²) in [6.45, 7) is 2.65. The lowest BCUT2D eigenvalue weighted by Gasteiger charge is -2.39. The van der Waals surface area contributed by atoms with Gasteiger partial charge in [-0.1, -0.05) is 0 Å². The Morgan fingerprint density at radius 2 is 1.89 bits per heavy atom. The molecule has 11 heteroatoms. The summed E-state index contributed by atoms with van der Waals surface area (Å²) in [5.41, 5.74) is 1.01. The van der Waals surface area contributed by atoms with E-state index in [2.05, 4.69) is 25.3 Å². The number of fused-ring (bicyclic) bond motifs is 3. The molecule has 2 bridgehead atoms. The molecule has 0 amide bonds. The molecule has 0 radical (unpaired) electrons. The number of ether oxygens (including phenoxy) is 2. The molecule has 6 rings (SSSR count). The molecule has 1 aliphatic carbocycles. The zero-order valence-electron chi connectivity index (χ0n) is 19.8. The Bertz CT molecular complexity index is 1260. The van der Waals surface area contributed by atoms with Crippen molar-refractivity contribution in [3.05, 3.63) is 59.3 Å².